The highest BCUT2D eigenvalue weighted by atomic mass is 35.5. The molecule has 1 atom stereocenters. The average molecular weight is 195 g/mol. The van der Waals surface area contributed by atoms with Crippen LogP contribution in [0.3, 0.4) is 0 Å². The lowest BCUT2D eigenvalue weighted by atomic mass is 10.1. The van der Waals surface area contributed by atoms with Crippen LogP contribution in [0.25, 0.3) is 5.57 Å². The van der Waals surface area contributed by atoms with Crippen LogP contribution in [0.1, 0.15) is 5.56 Å². The average Bonchev–Trinajstić information content (AvgIpc) is 2.47. The smallest absolute Gasteiger partial charge is 0.340 e. The number of halogens is 1. The fourth-order valence-corrected chi connectivity index (χ4v) is 1.44. The number of hydrogen-bond acceptors (Lipinski definition) is 2. The minimum Gasteiger partial charge on any atom is -0.438 e. The molecule has 1 aliphatic rings. The predicted octanol–water partition coefficient (Wildman–Crippen LogP) is 2.19. The van der Waals surface area contributed by atoms with Gasteiger partial charge >= 0.3 is 5.97 Å². The van der Waals surface area contributed by atoms with E-state index in [9.17, 15) is 4.79 Å². The normalized spacial score (nSPS) is 21.2. The second-order valence-electron chi connectivity index (χ2n) is 2.70. The van der Waals surface area contributed by atoms with Gasteiger partial charge in [-0.2, -0.15) is 0 Å². The molecule has 1 aromatic rings. The van der Waals surface area contributed by atoms with Crippen molar-refractivity contribution in [1.82, 2.24) is 0 Å². The van der Waals surface area contributed by atoms with E-state index in [4.69, 9.17) is 16.3 Å². The summed E-state index contributed by atoms with van der Waals surface area (Å²) in [6.45, 7) is 0. The lowest BCUT2D eigenvalue weighted by molar-refractivity contribution is -0.135. The van der Waals surface area contributed by atoms with Crippen LogP contribution < -0.4 is 0 Å². The van der Waals surface area contributed by atoms with Crippen molar-refractivity contribution in [2.75, 3.05) is 0 Å². The van der Waals surface area contributed by atoms with Crippen molar-refractivity contribution in [3.8, 4) is 0 Å². The number of rotatable bonds is 1. The third-order valence-corrected chi connectivity index (χ3v) is 2.04. The second kappa shape index (κ2) is 3.23. The monoisotopic (exact) mass is 194 g/mol. The van der Waals surface area contributed by atoms with Crippen LogP contribution >= 0.6 is 11.6 Å². The van der Waals surface area contributed by atoms with Crippen molar-refractivity contribution in [2.45, 2.75) is 5.56 Å². The molecule has 0 fully saturated rings. The Morgan fingerprint density at radius 2 is 1.92 bits per heavy atom. The van der Waals surface area contributed by atoms with E-state index in [1.165, 1.54) is 0 Å². The summed E-state index contributed by atoms with van der Waals surface area (Å²) < 4.78 is 4.76. The van der Waals surface area contributed by atoms with Crippen LogP contribution in [0.4, 0.5) is 0 Å². The van der Waals surface area contributed by atoms with Crippen molar-refractivity contribution in [3.63, 3.8) is 0 Å². The first-order chi connectivity index (χ1) is 6.27. The molecular formula is C10H7ClO2. The maximum atomic E-state index is 11.2. The topological polar surface area (TPSA) is 26.3 Å². The molecule has 0 saturated heterocycles. The van der Waals surface area contributed by atoms with Crippen LogP contribution in [0.5, 0.6) is 0 Å². The van der Waals surface area contributed by atoms with Crippen LogP contribution in [0.15, 0.2) is 36.4 Å². The number of hydrogen-bond donors (Lipinski definition) is 0. The Morgan fingerprint density at radius 1 is 1.23 bits per heavy atom. The molecule has 2 rings (SSSR count). The molecule has 3 heteroatoms. The number of ether oxygens (including phenoxy) is 1. The second-order valence-corrected chi connectivity index (χ2v) is 3.13. The van der Waals surface area contributed by atoms with Gasteiger partial charge in [0.25, 0.3) is 0 Å². The first-order valence-corrected chi connectivity index (χ1v) is 4.33. The predicted molar refractivity (Wildman–Crippen MR) is 50.2 cm³/mol. The van der Waals surface area contributed by atoms with Crippen molar-refractivity contribution in [3.05, 3.63) is 42.0 Å². The van der Waals surface area contributed by atoms with Gasteiger partial charge in [0.05, 0.1) is 5.57 Å². The Bertz CT molecular complexity index is 356. The van der Waals surface area contributed by atoms with Gasteiger partial charge in [0, 0.05) is 0 Å². The molecule has 0 amide bonds. The van der Waals surface area contributed by atoms with Crippen molar-refractivity contribution in [1.29, 1.82) is 0 Å². The summed E-state index contributed by atoms with van der Waals surface area (Å²) in [7, 11) is 0. The molecule has 2 nitrogen and oxygen atoms in total. The third kappa shape index (κ3) is 1.58. The summed E-state index contributed by atoms with van der Waals surface area (Å²) in [5.41, 5.74) is 0.763. The molecule has 13 heavy (non-hydrogen) atoms. The number of carbonyl (C=O) groups is 1. The molecule has 0 spiro atoms. The molecule has 0 bridgehead atoms. The fraction of sp³-hybridized carbons (Fsp3) is 0.100. The molecule has 0 aliphatic carbocycles. The summed E-state index contributed by atoms with van der Waals surface area (Å²) >= 11 is 5.63. The molecule has 0 saturated carbocycles. The maximum absolute atomic E-state index is 11.2. The zero-order valence-corrected chi connectivity index (χ0v) is 7.49. The van der Waals surface area contributed by atoms with E-state index >= 15 is 0 Å². The molecule has 0 unspecified atom stereocenters. The molecule has 0 aromatic heterocycles. The molecule has 1 heterocycles. The quantitative estimate of drug-likeness (QED) is 0.506. The van der Waals surface area contributed by atoms with E-state index < -0.39 is 5.56 Å². The zero-order valence-electron chi connectivity index (χ0n) is 6.74. The number of carbonyl (C=O) groups excluding carboxylic acids is 1. The van der Waals surface area contributed by atoms with Crippen LogP contribution in [-0.2, 0) is 9.53 Å². The molecule has 66 valence electrons. The minimum absolute atomic E-state index is 0.355. The Balaban J connectivity index is 2.37. The highest BCUT2D eigenvalue weighted by Crippen LogP contribution is 2.24. The van der Waals surface area contributed by atoms with Crippen LogP contribution in [0, 0.1) is 0 Å². The highest BCUT2D eigenvalue weighted by molar-refractivity contribution is 6.28. The highest BCUT2D eigenvalue weighted by Gasteiger charge is 2.24. The van der Waals surface area contributed by atoms with E-state index in [0.29, 0.717) is 5.57 Å². The molecule has 0 radical (unpaired) electrons. The van der Waals surface area contributed by atoms with Gasteiger partial charge in [-0.25, -0.2) is 4.79 Å². The lowest BCUT2D eigenvalue weighted by Crippen LogP contribution is -2.01. The number of alkyl halides is 1. The summed E-state index contributed by atoms with van der Waals surface area (Å²) in [6.07, 6.45) is 1.61. The largest absolute Gasteiger partial charge is 0.438 e. The van der Waals surface area contributed by atoms with Crippen molar-refractivity contribution < 1.29 is 9.53 Å². The standard InChI is InChI=1S/C10H7ClO2/c11-9-6-8(10(12)13-9)7-4-2-1-3-5-7/h1-6,9H/t9-/m0/s1. The number of esters is 1. The van der Waals surface area contributed by atoms with E-state index in [1.807, 2.05) is 30.3 Å². The van der Waals surface area contributed by atoms with Gasteiger partial charge in [-0.1, -0.05) is 41.9 Å². The Hall–Kier alpha value is -1.28. The van der Waals surface area contributed by atoms with E-state index in [1.54, 1.807) is 6.08 Å². The Kier molecular flexibility index (Phi) is 2.07. The minimum atomic E-state index is -0.622. The first-order valence-electron chi connectivity index (χ1n) is 3.89. The van der Waals surface area contributed by atoms with Crippen molar-refractivity contribution >= 4 is 23.1 Å². The SMILES string of the molecule is O=C1O[C@H](Cl)C=C1c1ccccc1. The molecule has 1 aliphatic heterocycles. The summed E-state index contributed by atoms with van der Waals surface area (Å²) in [6, 6.07) is 9.32. The Labute approximate surface area is 80.8 Å². The zero-order chi connectivity index (χ0) is 9.26. The van der Waals surface area contributed by atoms with Crippen LogP contribution in [-0.4, -0.2) is 11.5 Å². The fourth-order valence-electron chi connectivity index (χ4n) is 1.23. The maximum Gasteiger partial charge on any atom is 0.340 e. The number of benzene rings is 1. The van der Waals surface area contributed by atoms with Crippen LogP contribution in [0.2, 0.25) is 0 Å². The van der Waals surface area contributed by atoms with E-state index in [2.05, 4.69) is 0 Å². The first kappa shape index (κ1) is 8.32. The third-order valence-electron chi connectivity index (χ3n) is 1.82. The van der Waals surface area contributed by atoms with Gasteiger partial charge < -0.3 is 4.74 Å². The van der Waals surface area contributed by atoms with Gasteiger partial charge in [-0.05, 0) is 11.6 Å². The van der Waals surface area contributed by atoms with Gasteiger partial charge in [0.1, 0.15) is 0 Å². The van der Waals surface area contributed by atoms with Gasteiger partial charge in [0.2, 0.25) is 0 Å². The van der Waals surface area contributed by atoms with Gasteiger partial charge in [0.15, 0.2) is 5.56 Å². The van der Waals surface area contributed by atoms with E-state index in [-0.39, 0.29) is 5.97 Å². The lowest BCUT2D eigenvalue weighted by Gasteiger charge is -1.98. The summed E-state index contributed by atoms with van der Waals surface area (Å²) in [5, 5.41) is 0. The molecule has 0 N–H and O–H groups in total. The summed E-state index contributed by atoms with van der Waals surface area (Å²) in [4.78, 5) is 11.2. The Morgan fingerprint density at radius 3 is 2.46 bits per heavy atom. The van der Waals surface area contributed by atoms with Gasteiger partial charge in [-0.15, -0.1) is 0 Å². The number of cyclic esters (lactones) is 1. The van der Waals surface area contributed by atoms with Crippen molar-refractivity contribution in [2.24, 2.45) is 0 Å². The molecular weight excluding hydrogens is 188 g/mol. The molecule has 1 aromatic carbocycles. The van der Waals surface area contributed by atoms with E-state index in [0.717, 1.165) is 5.56 Å². The van der Waals surface area contributed by atoms with Gasteiger partial charge in [-0.3, -0.25) is 0 Å². The summed E-state index contributed by atoms with van der Waals surface area (Å²) in [5.74, 6) is -0.355.